The Bertz CT molecular complexity index is 442. The van der Waals surface area contributed by atoms with Crippen molar-refractivity contribution in [2.75, 3.05) is 6.61 Å². The van der Waals surface area contributed by atoms with E-state index in [2.05, 4.69) is 4.98 Å². The van der Waals surface area contributed by atoms with Gasteiger partial charge in [0.1, 0.15) is 12.3 Å². The van der Waals surface area contributed by atoms with Crippen molar-refractivity contribution in [3.05, 3.63) is 29.1 Å². The summed E-state index contributed by atoms with van der Waals surface area (Å²) >= 11 is 0. The quantitative estimate of drug-likeness (QED) is 0.688. The lowest BCUT2D eigenvalue weighted by molar-refractivity contribution is -0.141. The average Bonchev–Trinajstić information content (AvgIpc) is 2.22. The van der Waals surface area contributed by atoms with Crippen LogP contribution < -0.4 is 0 Å². The molecule has 6 heteroatoms. The fraction of sp³-hybridized carbons (Fsp3) is 0.400. The number of ether oxygens (including phenoxy) is 1. The molecule has 0 fully saturated rings. The van der Waals surface area contributed by atoms with Crippen LogP contribution in [0.1, 0.15) is 34.6 Å². The topological polar surface area (TPSA) is 39.2 Å². The van der Waals surface area contributed by atoms with Gasteiger partial charge in [-0.25, -0.2) is 0 Å². The van der Waals surface area contributed by atoms with Crippen LogP contribution in [0.2, 0.25) is 0 Å². The first-order chi connectivity index (χ1) is 7.39. The van der Waals surface area contributed by atoms with Gasteiger partial charge in [-0.1, -0.05) is 0 Å². The number of rotatable bonds is 0. The number of aromatic nitrogens is 1. The first kappa shape index (κ1) is 11.1. The SMILES string of the molecule is CC1OCC(=O)c2cnc(C(F)(F)F)cc21. The number of pyridine rings is 1. The third-order valence-electron chi connectivity index (χ3n) is 2.43. The second-order valence-corrected chi connectivity index (χ2v) is 3.53. The highest BCUT2D eigenvalue weighted by Crippen LogP contribution is 2.32. The first-order valence-electron chi connectivity index (χ1n) is 4.61. The zero-order valence-electron chi connectivity index (χ0n) is 8.34. The lowest BCUT2D eigenvalue weighted by Gasteiger charge is -2.22. The average molecular weight is 231 g/mol. The number of ketones is 1. The van der Waals surface area contributed by atoms with Gasteiger partial charge in [0.05, 0.1) is 6.10 Å². The summed E-state index contributed by atoms with van der Waals surface area (Å²) in [5, 5.41) is 0. The number of fused-ring (bicyclic) bond motifs is 1. The maximum atomic E-state index is 12.4. The minimum absolute atomic E-state index is 0.110. The van der Waals surface area contributed by atoms with Crippen molar-refractivity contribution in [3.8, 4) is 0 Å². The van der Waals surface area contributed by atoms with E-state index < -0.39 is 18.0 Å². The number of Topliss-reactive ketones (excluding diaryl/α,β-unsaturated/α-hetero) is 1. The maximum absolute atomic E-state index is 12.4. The highest BCUT2D eigenvalue weighted by molar-refractivity contribution is 5.99. The van der Waals surface area contributed by atoms with E-state index in [-0.39, 0.29) is 23.5 Å². The van der Waals surface area contributed by atoms with Gasteiger partial charge in [-0.05, 0) is 18.6 Å². The van der Waals surface area contributed by atoms with Gasteiger partial charge < -0.3 is 4.74 Å². The van der Waals surface area contributed by atoms with E-state index in [4.69, 9.17) is 4.74 Å². The Morgan fingerprint density at radius 2 is 2.19 bits per heavy atom. The molecule has 0 spiro atoms. The Morgan fingerprint density at radius 1 is 1.50 bits per heavy atom. The summed E-state index contributed by atoms with van der Waals surface area (Å²) in [6, 6.07) is 0.872. The molecule has 0 aromatic carbocycles. The van der Waals surface area contributed by atoms with Gasteiger partial charge in [0, 0.05) is 11.8 Å². The number of carbonyl (C=O) groups is 1. The van der Waals surface area contributed by atoms with Crippen LogP contribution in [0.25, 0.3) is 0 Å². The molecule has 1 aromatic rings. The number of hydrogen-bond acceptors (Lipinski definition) is 3. The zero-order chi connectivity index (χ0) is 11.9. The summed E-state index contributed by atoms with van der Waals surface area (Å²) in [6.07, 6.45) is -4.05. The van der Waals surface area contributed by atoms with E-state index >= 15 is 0 Å². The largest absolute Gasteiger partial charge is 0.433 e. The fourth-order valence-electron chi connectivity index (χ4n) is 1.56. The van der Waals surface area contributed by atoms with Crippen LogP contribution in [-0.4, -0.2) is 17.4 Å². The van der Waals surface area contributed by atoms with E-state index in [1.54, 1.807) is 6.92 Å². The summed E-state index contributed by atoms with van der Waals surface area (Å²) in [5.41, 5.74) is -0.540. The van der Waals surface area contributed by atoms with Crippen molar-refractivity contribution in [1.82, 2.24) is 4.98 Å². The molecular weight excluding hydrogens is 223 g/mol. The number of halogens is 3. The van der Waals surface area contributed by atoms with Crippen molar-refractivity contribution in [2.45, 2.75) is 19.2 Å². The zero-order valence-corrected chi connectivity index (χ0v) is 8.34. The standard InChI is InChI=1S/C10H8F3NO2/c1-5-6-2-9(10(11,12)13)14-3-7(6)8(15)4-16-5/h2-3,5H,4H2,1H3. The number of carbonyl (C=O) groups excluding carboxylic acids is 1. The third kappa shape index (κ3) is 1.80. The summed E-state index contributed by atoms with van der Waals surface area (Å²) in [6.45, 7) is 1.49. The molecule has 0 aliphatic carbocycles. The summed E-state index contributed by atoms with van der Waals surface area (Å²) in [5.74, 6) is -0.339. The highest BCUT2D eigenvalue weighted by atomic mass is 19.4. The number of nitrogens with zero attached hydrogens (tertiary/aromatic N) is 1. The van der Waals surface area contributed by atoms with Gasteiger partial charge in [0.2, 0.25) is 0 Å². The molecule has 16 heavy (non-hydrogen) atoms. The summed E-state index contributed by atoms with van der Waals surface area (Å²) in [7, 11) is 0. The van der Waals surface area contributed by atoms with Gasteiger partial charge >= 0.3 is 6.18 Å². The van der Waals surface area contributed by atoms with E-state index in [9.17, 15) is 18.0 Å². The molecule has 0 amide bonds. The lowest BCUT2D eigenvalue weighted by Crippen LogP contribution is -2.23. The normalized spacial score (nSPS) is 20.8. The van der Waals surface area contributed by atoms with Crippen LogP contribution in [-0.2, 0) is 10.9 Å². The third-order valence-corrected chi connectivity index (χ3v) is 2.43. The molecule has 3 nitrogen and oxygen atoms in total. The lowest BCUT2D eigenvalue weighted by atomic mass is 9.99. The van der Waals surface area contributed by atoms with E-state index in [1.807, 2.05) is 0 Å². The molecule has 2 heterocycles. The molecule has 0 saturated carbocycles. The second-order valence-electron chi connectivity index (χ2n) is 3.53. The van der Waals surface area contributed by atoms with Crippen LogP contribution in [0.5, 0.6) is 0 Å². The van der Waals surface area contributed by atoms with Crippen LogP contribution in [0.4, 0.5) is 13.2 Å². The van der Waals surface area contributed by atoms with Crippen molar-refractivity contribution in [3.63, 3.8) is 0 Å². The molecular formula is C10H8F3NO2. The van der Waals surface area contributed by atoms with Crippen LogP contribution in [0.3, 0.4) is 0 Å². The Balaban J connectivity index is 2.52. The Labute approximate surface area is 89.2 Å². The molecule has 0 N–H and O–H groups in total. The monoisotopic (exact) mass is 231 g/mol. The van der Waals surface area contributed by atoms with Crippen molar-refractivity contribution in [2.24, 2.45) is 0 Å². The molecule has 1 aliphatic rings. The minimum atomic E-state index is -4.50. The van der Waals surface area contributed by atoms with E-state index in [0.29, 0.717) is 0 Å². The predicted molar refractivity (Wildman–Crippen MR) is 47.9 cm³/mol. The number of hydrogen-bond donors (Lipinski definition) is 0. The van der Waals surface area contributed by atoms with Gasteiger partial charge in [-0.2, -0.15) is 13.2 Å². The molecule has 0 saturated heterocycles. The Kier molecular flexibility index (Phi) is 2.46. The van der Waals surface area contributed by atoms with Gasteiger partial charge in [0.15, 0.2) is 5.78 Å². The molecule has 0 radical (unpaired) electrons. The van der Waals surface area contributed by atoms with E-state index in [0.717, 1.165) is 12.3 Å². The number of alkyl halides is 3. The van der Waals surface area contributed by atoms with Crippen LogP contribution in [0.15, 0.2) is 12.3 Å². The minimum Gasteiger partial charge on any atom is -0.366 e. The predicted octanol–water partition coefficient (Wildman–Crippen LogP) is 2.37. The fourth-order valence-corrected chi connectivity index (χ4v) is 1.56. The van der Waals surface area contributed by atoms with Crippen molar-refractivity contribution in [1.29, 1.82) is 0 Å². The molecule has 2 rings (SSSR count). The van der Waals surface area contributed by atoms with Gasteiger partial charge in [-0.3, -0.25) is 9.78 Å². The van der Waals surface area contributed by atoms with Gasteiger partial charge in [0.25, 0.3) is 0 Å². The molecule has 1 aliphatic heterocycles. The summed E-state index contributed by atoms with van der Waals surface area (Å²) < 4.78 is 42.2. The maximum Gasteiger partial charge on any atom is 0.433 e. The first-order valence-corrected chi connectivity index (χ1v) is 4.61. The Hall–Kier alpha value is -1.43. The Morgan fingerprint density at radius 3 is 2.81 bits per heavy atom. The smallest absolute Gasteiger partial charge is 0.366 e. The van der Waals surface area contributed by atoms with Crippen molar-refractivity contribution < 1.29 is 22.7 Å². The highest BCUT2D eigenvalue weighted by Gasteiger charge is 2.35. The molecule has 1 unspecified atom stereocenters. The van der Waals surface area contributed by atoms with Gasteiger partial charge in [-0.15, -0.1) is 0 Å². The van der Waals surface area contributed by atoms with Crippen molar-refractivity contribution >= 4 is 5.78 Å². The molecule has 0 bridgehead atoms. The second kappa shape index (κ2) is 3.55. The van der Waals surface area contributed by atoms with Crippen LogP contribution >= 0.6 is 0 Å². The molecule has 86 valence electrons. The molecule has 1 aromatic heterocycles. The van der Waals surface area contributed by atoms with E-state index in [1.165, 1.54) is 0 Å². The summed E-state index contributed by atoms with van der Waals surface area (Å²) in [4.78, 5) is 14.6. The molecule has 1 atom stereocenters. The van der Waals surface area contributed by atoms with Crippen LogP contribution in [0, 0.1) is 0 Å².